The van der Waals surface area contributed by atoms with Crippen LogP contribution in [0.15, 0.2) is 41.8 Å². The standard InChI is InChI=1S/C15H13N3O2S2/c19-13(12-6-3-9-21-12)16-7-8-17-14(20)15-18-10-4-1-2-5-11(10)22-15/h1-6,9H,7-8H2,(H,16,19)(H,17,20). The van der Waals surface area contributed by atoms with Gasteiger partial charge in [0.15, 0.2) is 5.01 Å². The zero-order valence-electron chi connectivity index (χ0n) is 11.5. The zero-order chi connectivity index (χ0) is 15.4. The summed E-state index contributed by atoms with van der Waals surface area (Å²) in [6, 6.07) is 11.2. The average Bonchev–Trinajstić information content (AvgIpc) is 3.19. The van der Waals surface area contributed by atoms with E-state index < -0.39 is 0 Å². The lowest BCUT2D eigenvalue weighted by atomic mass is 10.3. The molecule has 0 atom stereocenters. The lowest BCUT2D eigenvalue weighted by Crippen LogP contribution is -2.34. The van der Waals surface area contributed by atoms with E-state index >= 15 is 0 Å². The summed E-state index contributed by atoms with van der Waals surface area (Å²) in [6.45, 7) is 0.749. The molecular formula is C15H13N3O2S2. The van der Waals surface area contributed by atoms with E-state index in [1.54, 1.807) is 6.07 Å². The van der Waals surface area contributed by atoms with Crippen LogP contribution in [-0.4, -0.2) is 29.9 Å². The molecule has 0 aliphatic heterocycles. The summed E-state index contributed by atoms with van der Waals surface area (Å²) in [5.41, 5.74) is 0.823. The Bertz CT molecular complexity index is 763. The van der Waals surface area contributed by atoms with Crippen LogP contribution < -0.4 is 10.6 Å². The van der Waals surface area contributed by atoms with E-state index in [0.717, 1.165) is 10.2 Å². The molecule has 5 nitrogen and oxygen atoms in total. The Morgan fingerprint density at radius 1 is 1.00 bits per heavy atom. The molecule has 0 aliphatic rings. The fourth-order valence-electron chi connectivity index (χ4n) is 1.89. The highest BCUT2D eigenvalue weighted by Crippen LogP contribution is 2.21. The predicted molar refractivity (Wildman–Crippen MR) is 88.6 cm³/mol. The van der Waals surface area contributed by atoms with E-state index in [0.29, 0.717) is 23.0 Å². The molecule has 0 unspecified atom stereocenters. The third kappa shape index (κ3) is 3.32. The number of hydrogen-bond donors (Lipinski definition) is 2. The topological polar surface area (TPSA) is 71.1 Å². The number of benzene rings is 1. The van der Waals surface area contributed by atoms with Crippen LogP contribution in [-0.2, 0) is 0 Å². The molecule has 3 rings (SSSR count). The van der Waals surface area contributed by atoms with Gasteiger partial charge in [0, 0.05) is 13.1 Å². The minimum atomic E-state index is -0.216. The number of amides is 2. The number of nitrogens with zero attached hydrogens (tertiary/aromatic N) is 1. The highest BCUT2D eigenvalue weighted by atomic mass is 32.1. The number of carbonyl (C=O) groups is 2. The molecule has 0 bridgehead atoms. The van der Waals surface area contributed by atoms with Crippen molar-refractivity contribution in [3.05, 3.63) is 51.7 Å². The largest absolute Gasteiger partial charge is 0.350 e. The maximum atomic E-state index is 12.0. The molecule has 0 saturated heterocycles. The van der Waals surface area contributed by atoms with Gasteiger partial charge in [-0.25, -0.2) is 4.98 Å². The first kappa shape index (κ1) is 14.7. The summed E-state index contributed by atoms with van der Waals surface area (Å²) < 4.78 is 0.985. The van der Waals surface area contributed by atoms with E-state index in [-0.39, 0.29) is 11.8 Å². The van der Waals surface area contributed by atoms with Gasteiger partial charge >= 0.3 is 0 Å². The fraction of sp³-hybridized carbons (Fsp3) is 0.133. The predicted octanol–water partition coefficient (Wildman–Crippen LogP) is 2.52. The maximum Gasteiger partial charge on any atom is 0.280 e. The van der Waals surface area contributed by atoms with Gasteiger partial charge in [0.1, 0.15) is 0 Å². The second-order valence-electron chi connectivity index (χ2n) is 4.48. The molecule has 2 amide bonds. The lowest BCUT2D eigenvalue weighted by Gasteiger charge is -2.04. The first-order valence-electron chi connectivity index (χ1n) is 6.69. The fourth-order valence-corrected chi connectivity index (χ4v) is 3.41. The maximum absolute atomic E-state index is 12.0. The molecule has 0 aliphatic carbocycles. The SMILES string of the molecule is O=C(NCCNC(=O)c1nc2ccccc2s1)c1cccs1. The molecule has 0 spiro atoms. The first-order valence-corrected chi connectivity index (χ1v) is 8.39. The first-order chi connectivity index (χ1) is 10.7. The van der Waals surface area contributed by atoms with Crippen LogP contribution in [0.25, 0.3) is 10.2 Å². The van der Waals surface area contributed by atoms with Crippen LogP contribution in [0.3, 0.4) is 0 Å². The molecule has 0 saturated carbocycles. The Balaban J connectivity index is 1.49. The Labute approximate surface area is 135 Å². The van der Waals surface area contributed by atoms with Gasteiger partial charge in [0.05, 0.1) is 15.1 Å². The Morgan fingerprint density at radius 3 is 2.50 bits per heavy atom. The number of hydrogen-bond acceptors (Lipinski definition) is 5. The number of carbonyl (C=O) groups excluding carboxylic acids is 2. The normalized spacial score (nSPS) is 10.5. The van der Waals surface area contributed by atoms with E-state index in [1.165, 1.54) is 22.7 Å². The second kappa shape index (κ2) is 6.67. The Kier molecular flexibility index (Phi) is 4.45. The lowest BCUT2D eigenvalue weighted by molar-refractivity contribution is 0.0929. The van der Waals surface area contributed by atoms with Gasteiger partial charge in [-0.1, -0.05) is 18.2 Å². The minimum Gasteiger partial charge on any atom is -0.350 e. The number of thiophene rings is 1. The van der Waals surface area contributed by atoms with Crippen molar-refractivity contribution in [2.45, 2.75) is 0 Å². The van der Waals surface area contributed by atoms with Gasteiger partial charge in [0.2, 0.25) is 0 Å². The number of rotatable bonds is 5. The quantitative estimate of drug-likeness (QED) is 0.706. The van der Waals surface area contributed by atoms with E-state index in [2.05, 4.69) is 15.6 Å². The van der Waals surface area contributed by atoms with Gasteiger partial charge < -0.3 is 10.6 Å². The molecular weight excluding hydrogens is 318 g/mol. The number of thiazole rings is 1. The van der Waals surface area contributed by atoms with E-state index in [4.69, 9.17) is 0 Å². The van der Waals surface area contributed by atoms with Crippen molar-refractivity contribution in [1.29, 1.82) is 0 Å². The molecule has 7 heteroatoms. The van der Waals surface area contributed by atoms with Gasteiger partial charge in [-0.3, -0.25) is 9.59 Å². The van der Waals surface area contributed by atoms with Crippen molar-refractivity contribution in [3.63, 3.8) is 0 Å². The number of aromatic nitrogens is 1. The number of nitrogens with one attached hydrogen (secondary N) is 2. The second-order valence-corrected chi connectivity index (χ2v) is 6.45. The Hall–Kier alpha value is -2.25. The number of para-hydroxylation sites is 1. The van der Waals surface area contributed by atoms with Crippen LogP contribution in [0, 0.1) is 0 Å². The van der Waals surface area contributed by atoms with Crippen molar-refractivity contribution >= 4 is 44.7 Å². The van der Waals surface area contributed by atoms with Crippen molar-refractivity contribution in [3.8, 4) is 0 Å². The van der Waals surface area contributed by atoms with Gasteiger partial charge in [-0.15, -0.1) is 22.7 Å². The average molecular weight is 331 g/mol. The summed E-state index contributed by atoms with van der Waals surface area (Å²) in [7, 11) is 0. The molecule has 2 N–H and O–H groups in total. The summed E-state index contributed by atoms with van der Waals surface area (Å²) in [4.78, 5) is 28.7. The van der Waals surface area contributed by atoms with Gasteiger partial charge in [-0.2, -0.15) is 0 Å². The molecule has 2 heterocycles. The van der Waals surface area contributed by atoms with Crippen molar-refractivity contribution in [1.82, 2.24) is 15.6 Å². The summed E-state index contributed by atoms with van der Waals surface area (Å²) in [5.74, 6) is -0.337. The van der Waals surface area contributed by atoms with Crippen LogP contribution in [0.5, 0.6) is 0 Å². The molecule has 112 valence electrons. The monoisotopic (exact) mass is 331 g/mol. The number of fused-ring (bicyclic) bond motifs is 1. The Morgan fingerprint density at radius 2 is 1.77 bits per heavy atom. The molecule has 0 fully saturated rings. The van der Waals surface area contributed by atoms with Crippen molar-refractivity contribution < 1.29 is 9.59 Å². The van der Waals surface area contributed by atoms with Crippen molar-refractivity contribution in [2.75, 3.05) is 13.1 Å². The molecule has 1 aromatic carbocycles. The molecule has 22 heavy (non-hydrogen) atoms. The summed E-state index contributed by atoms with van der Waals surface area (Å²) in [5, 5.41) is 7.80. The van der Waals surface area contributed by atoms with Gasteiger partial charge in [0.25, 0.3) is 11.8 Å². The smallest absolute Gasteiger partial charge is 0.280 e. The van der Waals surface area contributed by atoms with Crippen LogP contribution >= 0.6 is 22.7 Å². The summed E-state index contributed by atoms with van der Waals surface area (Å²) in [6.07, 6.45) is 0. The van der Waals surface area contributed by atoms with Crippen LogP contribution in [0.1, 0.15) is 19.5 Å². The van der Waals surface area contributed by atoms with Gasteiger partial charge in [-0.05, 0) is 23.6 Å². The molecule has 2 aromatic heterocycles. The summed E-state index contributed by atoms with van der Waals surface area (Å²) >= 11 is 2.75. The third-order valence-corrected chi connectivity index (χ3v) is 4.83. The highest BCUT2D eigenvalue weighted by molar-refractivity contribution is 7.20. The zero-order valence-corrected chi connectivity index (χ0v) is 13.2. The molecule has 3 aromatic rings. The highest BCUT2D eigenvalue weighted by Gasteiger charge is 2.11. The van der Waals surface area contributed by atoms with E-state index in [1.807, 2.05) is 35.7 Å². The third-order valence-electron chi connectivity index (χ3n) is 2.93. The minimum absolute atomic E-state index is 0.121. The molecule has 0 radical (unpaired) electrons. The van der Waals surface area contributed by atoms with Crippen molar-refractivity contribution in [2.24, 2.45) is 0 Å². The van der Waals surface area contributed by atoms with Crippen LogP contribution in [0.4, 0.5) is 0 Å². The van der Waals surface area contributed by atoms with E-state index in [9.17, 15) is 9.59 Å². The van der Waals surface area contributed by atoms with Crippen LogP contribution in [0.2, 0.25) is 0 Å².